The number of aromatic nitrogens is 1. The van der Waals surface area contributed by atoms with Crippen molar-refractivity contribution in [2.75, 3.05) is 31.1 Å². The zero-order chi connectivity index (χ0) is 16.1. The lowest BCUT2D eigenvalue weighted by Gasteiger charge is -2.32. The van der Waals surface area contributed by atoms with Crippen LogP contribution in [0.3, 0.4) is 0 Å². The number of nitrogens with zero attached hydrogens (tertiary/aromatic N) is 3. The summed E-state index contributed by atoms with van der Waals surface area (Å²) in [5.41, 5.74) is 1.12. The molecule has 3 heterocycles. The standard InChI is InChI=1S/C18H28N4O/c1-15-7-6-12-22(14-15)18(23)20-13-16-8-5-9-19-17(16)21-10-3-2-4-11-21/h5,8-9,15H,2-4,6-7,10-14H2,1H3,(H,20,23). The van der Waals surface area contributed by atoms with Crippen molar-refractivity contribution in [3.8, 4) is 0 Å². The van der Waals surface area contributed by atoms with E-state index < -0.39 is 0 Å². The lowest BCUT2D eigenvalue weighted by Crippen LogP contribution is -2.45. The fourth-order valence-electron chi connectivity index (χ4n) is 3.62. The highest BCUT2D eigenvalue weighted by Gasteiger charge is 2.21. The lowest BCUT2D eigenvalue weighted by molar-refractivity contribution is 0.169. The minimum absolute atomic E-state index is 0.0602. The number of amides is 2. The first-order chi connectivity index (χ1) is 11.2. The molecule has 5 nitrogen and oxygen atoms in total. The molecule has 0 aromatic carbocycles. The van der Waals surface area contributed by atoms with Gasteiger partial charge in [0, 0.05) is 44.5 Å². The Morgan fingerprint density at radius 1 is 1.26 bits per heavy atom. The number of piperidine rings is 2. The molecule has 2 fully saturated rings. The number of pyridine rings is 1. The quantitative estimate of drug-likeness (QED) is 0.932. The summed E-state index contributed by atoms with van der Waals surface area (Å²) in [6.45, 7) is 6.67. The Hall–Kier alpha value is -1.78. The zero-order valence-electron chi connectivity index (χ0n) is 14.1. The largest absolute Gasteiger partial charge is 0.356 e. The molecule has 1 N–H and O–H groups in total. The second kappa shape index (κ2) is 7.66. The minimum Gasteiger partial charge on any atom is -0.356 e. The second-order valence-corrected chi connectivity index (χ2v) is 6.89. The van der Waals surface area contributed by atoms with Crippen LogP contribution >= 0.6 is 0 Å². The molecule has 0 aliphatic carbocycles. The van der Waals surface area contributed by atoms with Crippen LogP contribution in [0, 0.1) is 5.92 Å². The van der Waals surface area contributed by atoms with E-state index in [1.54, 1.807) is 0 Å². The normalized spacial score (nSPS) is 22.0. The summed E-state index contributed by atoms with van der Waals surface area (Å²) >= 11 is 0. The molecule has 1 unspecified atom stereocenters. The van der Waals surface area contributed by atoms with Crippen molar-refractivity contribution in [3.05, 3.63) is 23.9 Å². The topological polar surface area (TPSA) is 48.5 Å². The molecule has 5 heteroatoms. The maximum Gasteiger partial charge on any atom is 0.317 e. The van der Waals surface area contributed by atoms with E-state index in [2.05, 4.69) is 28.2 Å². The van der Waals surface area contributed by atoms with E-state index >= 15 is 0 Å². The van der Waals surface area contributed by atoms with Gasteiger partial charge in [-0.15, -0.1) is 0 Å². The summed E-state index contributed by atoms with van der Waals surface area (Å²) in [4.78, 5) is 21.3. The van der Waals surface area contributed by atoms with Gasteiger partial charge in [-0.25, -0.2) is 9.78 Å². The Bertz CT molecular complexity index is 528. The van der Waals surface area contributed by atoms with E-state index in [9.17, 15) is 4.79 Å². The molecule has 2 amide bonds. The molecule has 0 radical (unpaired) electrons. The molecule has 1 atom stereocenters. The van der Waals surface area contributed by atoms with Crippen molar-refractivity contribution < 1.29 is 4.79 Å². The third-order valence-corrected chi connectivity index (χ3v) is 4.90. The first-order valence-corrected chi connectivity index (χ1v) is 8.95. The number of likely N-dealkylation sites (tertiary alicyclic amines) is 1. The average Bonchev–Trinajstić information content (AvgIpc) is 2.60. The van der Waals surface area contributed by atoms with E-state index in [1.165, 1.54) is 25.7 Å². The Morgan fingerprint density at radius 2 is 2.09 bits per heavy atom. The Morgan fingerprint density at radius 3 is 2.87 bits per heavy atom. The maximum atomic E-state index is 12.4. The summed E-state index contributed by atoms with van der Waals surface area (Å²) < 4.78 is 0. The van der Waals surface area contributed by atoms with Crippen molar-refractivity contribution in [2.45, 2.75) is 45.6 Å². The van der Waals surface area contributed by atoms with Crippen LogP contribution in [0.1, 0.15) is 44.6 Å². The van der Waals surface area contributed by atoms with Crippen molar-refractivity contribution >= 4 is 11.8 Å². The van der Waals surface area contributed by atoms with Crippen molar-refractivity contribution in [1.29, 1.82) is 0 Å². The molecule has 2 aliphatic rings. The highest BCUT2D eigenvalue weighted by Crippen LogP contribution is 2.21. The monoisotopic (exact) mass is 316 g/mol. The molecule has 3 rings (SSSR count). The molecule has 0 bridgehead atoms. The predicted octanol–water partition coefficient (Wildman–Crippen LogP) is 3.01. The van der Waals surface area contributed by atoms with Crippen LogP contribution in [0.5, 0.6) is 0 Å². The molecule has 2 aliphatic heterocycles. The molecule has 1 aromatic heterocycles. The Kier molecular flexibility index (Phi) is 5.36. The predicted molar refractivity (Wildman–Crippen MR) is 92.5 cm³/mol. The molecular formula is C18H28N4O. The molecule has 23 heavy (non-hydrogen) atoms. The number of carbonyl (C=O) groups is 1. The molecule has 2 saturated heterocycles. The van der Waals surface area contributed by atoms with Crippen LogP contribution in [0.25, 0.3) is 0 Å². The number of nitrogens with one attached hydrogen (secondary N) is 1. The number of rotatable bonds is 3. The van der Waals surface area contributed by atoms with Gasteiger partial charge in [0.15, 0.2) is 0 Å². The highest BCUT2D eigenvalue weighted by atomic mass is 16.2. The van der Waals surface area contributed by atoms with Gasteiger partial charge in [0.25, 0.3) is 0 Å². The number of anilines is 1. The van der Waals surface area contributed by atoms with Gasteiger partial charge in [0.2, 0.25) is 0 Å². The first kappa shape index (κ1) is 16.1. The van der Waals surface area contributed by atoms with Crippen molar-refractivity contribution in [2.24, 2.45) is 5.92 Å². The fraction of sp³-hybridized carbons (Fsp3) is 0.667. The van der Waals surface area contributed by atoms with Crippen molar-refractivity contribution in [1.82, 2.24) is 15.2 Å². The number of urea groups is 1. The van der Waals surface area contributed by atoms with Crippen LogP contribution in [-0.2, 0) is 6.54 Å². The van der Waals surface area contributed by atoms with E-state index in [-0.39, 0.29) is 6.03 Å². The Labute approximate surface area is 139 Å². The third-order valence-electron chi connectivity index (χ3n) is 4.90. The zero-order valence-corrected chi connectivity index (χ0v) is 14.1. The molecule has 1 aromatic rings. The van der Waals surface area contributed by atoms with Gasteiger partial charge in [-0.05, 0) is 44.1 Å². The number of carbonyl (C=O) groups excluding carboxylic acids is 1. The molecular weight excluding hydrogens is 288 g/mol. The molecule has 126 valence electrons. The van der Waals surface area contributed by atoms with Crippen LogP contribution in [0.15, 0.2) is 18.3 Å². The van der Waals surface area contributed by atoms with Gasteiger partial charge in [-0.1, -0.05) is 13.0 Å². The third kappa shape index (κ3) is 4.15. The maximum absolute atomic E-state index is 12.4. The van der Waals surface area contributed by atoms with Gasteiger partial charge in [0.1, 0.15) is 5.82 Å². The summed E-state index contributed by atoms with van der Waals surface area (Å²) in [5, 5.41) is 3.09. The van der Waals surface area contributed by atoms with Gasteiger partial charge in [0.05, 0.1) is 0 Å². The van der Waals surface area contributed by atoms with E-state index in [1.807, 2.05) is 17.2 Å². The van der Waals surface area contributed by atoms with Crippen LogP contribution in [0.4, 0.5) is 10.6 Å². The molecule has 0 saturated carbocycles. The van der Waals surface area contributed by atoms with Gasteiger partial charge in [-0.2, -0.15) is 0 Å². The lowest BCUT2D eigenvalue weighted by atomic mass is 10.0. The second-order valence-electron chi connectivity index (χ2n) is 6.89. The first-order valence-electron chi connectivity index (χ1n) is 8.95. The van der Waals surface area contributed by atoms with Crippen molar-refractivity contribution in [3.63, 3.8) is 0 Å². The SMILES string of the molecule is CC1CCCN(C(=O)NCc2cccnc2N2CCCCC2)C1. The van der Waals surface area contributed by atoms with E-state index in [4.69, 9.17) is 0 Å². The Balaban J connectivity index is 1.60. The summed E-state index contributed by atoms with van der Waals surface area (Å²) in [5.74, 6) is 1.65. The average molecular weight is 316 g/mol. The summed E-state index contributed by atoms with van der Waals surface area (Å²) in [6.07, 6.45) is 7.96. The van der Waals surface area contributed by atoms with Gasteiger partial charge < -0.3 is 15.1 Å². The fourth-order valence-corrected chi connectivity index (χ4v) is 3.62. The summed E-state index contributed by atoms with van der Waals surface area (Å²) in [6, 6.07) is 4.10. The van der Waals surface area contributed by atoms with Crippen LogP contribution in [-0.4, -0.2) is 42.1 Å². The number of hydrogen-bond acceptors (Lipinski definition) is 3. The molecule has 0 spiro atoms. The minimum atomic E-state index is 0.0602. The van der Waals surface area contributed by atoms with Crippen LogP contribution in [0.2, 0.25) is 0 Å². The van der Waals surface area contributed by atoms with E-state index in [0.29, 0.717) is 12.5 Å². The highest BCUT2D eigenvalue weighted by molar-refractivity contribution is 5.74. The van der Waals surface area contributed by atoms with E-state index in [0.717, 1.165) is 44.0 Å². The number of hydrogen-bond donors (Lipinski definition) is 1. The van der Waals surface area contributed by atoms with Gasteiger partial charge in [-0.3, -0.25) is 0 Å². The summed E-state index contributed by atoms with van der Waals surface area (Å²) in [7, 11) is 0. The van der Waals surface area contributed by atoms with Gasteiger partial charge >= 0.3 is 6.03 Å². The smallest absolute Gasteiger partial charge is 0.317 e. The van der Waals surface area contributed by atoms with Crippen LogP contribution < -0.4 is 10.2 Å².